The van der Waals surface area contributed by atoms with E-state index in [1.165, 1.54) is 4.68 Å². The number of rotatable bonds is 5. The second-order valence-corrected chi connectivity index (χ2v) is 8.92. The first-order valence-corrected chi connectivity index (χ1v) is 11.4. The van der Waals surface area contributed by atoms with E-state index in [1.54, 1.807) is 6.20 Å². The van der Waals surface area contributed by atoms with Gasteiger partial charge in [-0.1, -0.05) is 32.0 Å². The first-order chi connectivity index (χ1) is 14.9. The molecule has 4 rings (SSSR count). The third kappa shape index (κ3) is 3.91. The number of hydrogen-bond donors (Lipinski definition) is 1. The van der Waals surface area contributed by atoms with Gasteiger partial charge >= 0.3 is 0 Å². The zero-order valence-electron chi connectivity index (χ0n) is 18.9. The number of nitrogens with one attached hydrogen (secondary N) is 1. The van der Waals surface area contributed by atoms with Crippen LogP contribution in [0.2, 0.25) is 0 Å². The molecular formula is C25H32N4O2. The lowest BCUT2D eigenvalue weighted by atomic mass is 9.87. The van der Waals surface area contributed by atoms with Crippen molar-refractivity contribution in [3.63, 3.8) is 0 Å². The SMILES string of the molecule is CCC(C(=O)NC1CCC(C)CC1)n1c(C)c2cnn(-c3ccccc3)c(=O)c2c1C. The highest BCUT2D eigenvalue weighted by atomic mass is 16.2. The van der Waals surface area contributed by atoms with E-state index >= 15 is 0 Å². The van der Waals surface area contributed by atoms with E-state index < -0.39 is 0 Å². The average molecular weight is 421 g/mol. The molecule has 1 atom stereocenters. The number of benzene rings is 1. The van der Waals surface area contributed by atoms with E-state index in [-0.39, 0.29) is 23.6 Å². The maximum absolute atomic E-state index is 13.3. The van der Waals surface area contributed by atoms with Gasteiger partial charge in [-0.25, -0.2) is 0 Å². The van der Waals surface area contributed by atoms with E-state index in [2.05, 4.69) is 17.3 Å². The van der Waals surface area contributed by atoms with Gasteiger partial charge in [0.05, 0.1) is 17.3 Å². The maximum atomic E-state index is 13.3. The third-order valence-electron chi connectivity index (χ3n) is 6.82. The molecule has 1 fully saturated rings. The standard InChI is InChI=1S/C25H32N4O2/c1-5-22(24(30)27-19-13-11-16(2)12-14-19)28-17(3)21-15-26-29(20-9-7-6-8-10-20)25(31)23(21)18(28)4/h6-10,15-16,19,22H,5,11-14H2,1-4H3,(H,27,30). The number of fused-ring (bicyclic) bond motifs is 1. The smallest absolute Gasteiger partial charge is 0.281 e. The summed E-state index contributed by atoms with van der Waals surface area (Å²) < 4.78 is 3.47. The molecule has 0 aliphatic heterocycles. The Kier molecular flexibility index (Phi) is 5.99. The molecule has 164 valence electrons. The Labute approximate surface area is 183 Å². The summed E-state index contributed by atoms with van der Waals surface area (Å²) in [5.74, 6) is 0.790. The lowest BCUT2D eigenvalue weighted by Gasteiger charge is -2.29. The fourth-order valence-electron chi connectivity index (χ4n) is 4.99. The summed E-state index contributed by atoms with van der Waals surface area (Å²) in [5.41, 5.74) is 2.32. The molecule has 1 aliphatic rings. The molecule has 1 aromatic carbocycles. The number of aryl methyl sites for hydroxylation is 2. The Morgan fingerprint density at radius 2 is 1.81 bits per heavy atom. The second-order valence-electron chi connectivity index (χ2n) is 8.92. The molecule has 6 nitrogen and oxygen atoms in total. The molecule has 31 heavy (non-hydrogen) atoms. The Bertz CT molecular complexity index is 1140. The van der Waals surface area contributed by atoms with Gasteiger partial charge in [-0.15, -0.1) is 0 Å². The molecule has 0 bridgehead atoms. The van der Waals surface area contributed by atoms with E-state index in [9.17, 15) is 9.59 Å². The predicted octanol–water partition coefficient (Wildman–Crippen LogP) is 4.45. The normalized spacial score (nSPS) is 20.0. The van der Waals surface area contributed by atoms with Gasteiger partial charge in [0.25, 0.3) is 5.56 Å². The van der Waals surface area contributed by atoms with Gasteiger partial charge in [-0.05, 0) is 64.0 Å². The highest BCUT2D eigenvalue weighted by Gasteiger charge is 2.28. The van der Waals surface area contributed by atoms with Crippen molar-refractivity contribution in [1.29, 1.82) is 0 Å². The number of hydrogen-bond acceptors (Lipinski definition) is 3. The summed E-state index contributed by atoms with van der Waals surface area (Å²) in [5, 5.41) is 9.14. The minimum absolute atomic E-state index is 0.0462. The van der Waals surface area contributed by atoms with Gasteiger partial charge in [0, 0.05) is 22.8 Å². The molecule has 1 N–H and O–H groups in total. The Morgan fingerprint density at radius 1 is 1.13 bits per heavy atom. The van der Waals surface area contributed by atoms with E-state index in [0.29, 0.717) is 11.8 Å². The van der Waals surface area contributed by atoms with Crippen LogP contribution in [0.15, 0.2) is 41.3 Å². The molecule has 6 heteroatoms. The lowest BCUT2D eigenvalue weighted by molar-refractivity contribution is -0.125. The number of amides is 1. The van der Waals surface area contributed by atoms with Crippen LogP contribution in [0.1, 0.15) is 63.4 Å². The number of carbonyl (C=O) groups is 1. The summed E-state index contributed by atoms with van der Waals surface area (Å²) in [4.78, 5) is 26.6. The fourth-order valence-corrected chi connectivity index (χ4v) is 4.99. The van der Waals surface area contributed by atoms with Crippen molar-refractivity contribution >= 4 is 16.7 Å². The van der Waals surface area contributed by atoms with Crippen LogP contribution in [0.3, 0.4) is 0 Å². The monoisotopic (exact) mass is 420 g/mol. The molecule has 1 amide bonds. The number of carbonyl (C=O) groups excluding carboxylic acids is 1. The van der Waals surface area contributed by atoms with Crippen LogP contribution in [0, 0.1) is 19.8 Å². The highest BCUT2D eigenvalue weighted by Crippen LogP contribution is 2.29. The van der Waals surface area contributed by atoms with Crippen molar-refractivity contribution in [2.45, 2.75) is 71.9 Å². The second kappa shape index (κ2) is 8.69. The van der Waals surface area contributed by atoms with E-state index in [1.807, 2.05) is 55.7 Å². The summed E-state index contributed by atoms with van der Waals surface area (Å²) in [6.07, 6.45) is 6.82. The molecule has 0 saturated heterocycles. The summed E-state index contributed by atoms with van der Waals surface area (Å²) in [6.45, 7) is 8.21. The molecule has 1 unspecified atom stereocenters. The van der Waals surface area contributed by atoms with Crippen molar-refractivity contribution in [3.05, 3.63) is 58.3 Å². The summed E-state index contributed by atoms with van der Waals surface area (Å²) in [7, 11) is 0. The fraction of sp³-hybridized carbons (Fsp3) is 0.480. The van der Waals surface area contributed by atoms with Gasteiger partial charge in [0.1, 0.15) is 6.04 Å². The molecular weight excluding hydrogens is 388 g/mol. The first-order valence-electron chi connectivity index (χ1n) is 11.4. The number of aromatic nitrogens is 3. The minimum Gasteiger partial charge on any atom is -0.352 e. The van der Waals surface area contributed by atoms with Crippen LogP contribution in [0.4, 0.5) is 0 Å². The summed E-state index contributed by atoms with van der Waals surface area (Å²) >= 11 is 0. The lowest BCUT2D eigenvalue weighted by Crippen LogP contribution is -2.41. The topological polar surface area (TPSA) is 68.9 Å². The molecule has 0 spiro atoms. The van der Waals surface area contributed by atoms with Crippen LogP contribution in [-0.2, 0) is 4.79 Å². The minimum atomic E-state index is -0.337. The van der Waals surface area contributed by atoms with E-state index in [4.69, 9.17) is 0 Å². The molecule has 0 radical (unpaired) electrons. The molecule has 1 aliphatic carbocycles. The maximum Gasteiger partial charge on any atom is 0.281 e. The van der Waals surface area contributed by atoms with Crippen molar-refractivity contribution in [2.24, 2.45) is 5.92 Å². The van der Waals surface area contributed by atoms with Crippen molar-refractivity contribution in [1.82, 2.24) is 19.7 Å². The quantitative estimate of drug-likeness (QED) is 0.663. The van der Waals surface area contributed by atoms with Crippen molar-refractivity contribution < 1.29 is 4.79 Å². The van der Waals surface area contributed by atoms with Gasteiger partial charge < -0.3 is 9.88 Å². The van der Waals surface area contributed by atoms with Crippen molar-refractivity contribution in [3.8, 4) is 5.69 Å². The zero-order chi connectivity index (χ0) is 22.1. The average Bonchev–Trinajstić information content (AvgIpc) is 3.02. The van der Waals surface area contributed by atoms with Crippen LogP contribution < -0.4 is 10.9 Å². The Hall–Kier alpha value is -2.89. The zero-order valence-corrected chi connectivity index (χ0v) is 18.9. The molecule has 2 heterocycles. The van der Waals surface area contributed by atoms with Crippen LogP contribution >= 0.6 is 0 Å². The number of nitrogens with zero attached hydrogens (tertiary/aromatic N) is 3. The van der Waals surface area contributed by atoms with Crippen LogP contribution in [-0.4, -0.2) is 26.3 Å². The predicted molar refractivity (Wildman–Crippen MR) is 124 cm³/mol. The Morgan fingerprint density at radius 3 is 2.45 bits per heavy atom. The first kappa shape index (κ1) is 21.3. The van der Waals surface area contributed by atoms with Crippen molar-refractivity contribution in [2.75, 3.05) is 0 Å². The molecule has 1 saturated carbocycles. The van der Waals surface area contributed by atoms with Crippen LogP contribution in [0.5, 0.6) is 0 Å². The van der Waals surface area contributed by atoms with Gasteiger partial charge in [-0.3, -0.25) is 9.59 Å². The van der Waals surface area contributed by atoms with Gasteiger partial charge in [0.2, 0.25) is 5.91 Å². The Balaban J connectivity index is 1.72. The van der Waals surface area contributed by atoms with Crippen LogP contribution in [0.25, 0.3) is 16.5 Å². The molecule has 3 aromatic rings. The summed E-state index contributed by atoms with van der Waals surface area (Å²) in [6, 6.07) is 9.34. The van der Waals surface area contributed by atoms with Gasteiger partial charge in [0.15, 0.2) is 0 Å². The van der Waals surface area contributed by atoms with E-state index in [0.717, 1.165) is 54.1 Å². The largest absolute Gasteiger partial charge is 0.352 e. The third-order valence-corrected chi connectivity index (χ3v) is 6.82. The number of para-hydroxylation sites is 1. The molecule has 2 aromatic heterocycles. The van der Waals surface area contributed by atoms with Gasteiger partial charge in [-0.2, -0.15) is 9.78 Å². The highest BCUT2D eigenvalue weighted by molar-refractivity contribution is 5.89.